The van der Waals surface area contributed by atoms with Crippen LogP contribution in [0.25, 0.3) is 11.3 Å². The molecule has 0 atom stereocenters. The van der Waals surface area contributed by atoms with Crippen molar-refractivity contribution in [2.45, 2.75) is 27.2 Å². The van der Waals surface area contributed by atoms with Crippen LogP contribution in [0, 0.1) is 12.8 Å². The summed E-state index contributed by atoms with van der Waals surface area (Å²) in [4.78, 5) is 0. The van der Waals surface area contributed by atoms with E-state index in [1.807, 2.05) is 0 Å². The number of aryl methyl sites for hydroxylation is 1. The Morgan fingerprint density at radius 2 is 2.11 bits per heavy atom. The second-order valence-corrected chi connectivity index (χ2v) is 5.88. The highest BCUT2D eigenvalue weighted by atomic mass is 79.9. The Morgan fingerprint density at radius 1 is 1.39 bits per heavy atom. The molecule has 1 aromatic heterocycles. The van der Waals surface area contributed by atoms with Crippen LogP contribution >= 0.6 is 15.9 Å². The van der Waals surface area contributed by atoms with E-state index in [9.17, 15) is 0 Å². The number of benzene rings is 1. The van der Waals surface area contributed by atoms with Gasteiger partial charge in [-0.2, -0.15) is 5.10 Å². The fourth-order valence-electron chi connectivity index (χ4n) is 1.98. The number of hydrogen-bond donors (Lipinski definition) is 2. The summed E-state index contributed by atoms with van der Waals surface area (Å²) >= 11 is 3.56. The van der Waals surface area contributed by atoms with E-state index in [4.69, 9.17) is 5.73 Å². The van der Waals surface area contributed by atoms with Crippen molar-refractivity contribution in [2.24, 2.45) is 5.92 Å². The quantitative estimate of drug-likeness (QED) is 0.902. The Bertz CT molecular complexity index is 558. The molecule has 3 N–H and O–H groups in total. The molecule has 0 bridgehead atoms. The second-order valence-electron chi connectivity index (χ2n) is 5.02. The van der Waals surface area contributed by atoms with Crippen LogP contribution in [-0.2, 0) is 6.42 Å². The molecule has 3 nitrogen and oxygen atoms in total. The summed E-state index contributed by atoms with van der Waals surface area (Å²) in [5, 5.41) is 7.18. The van der Waals surface area contributed by atoms with E-state index in [0.29, 0.717) is 11.7 Å². The molecule has 0 saturated heterocycles. The van der Waals surface area contributed by atoms with Crippen molar-refractivity contribution >= 4 is 21.7 Å². The van der Waals surface area contributed by atoms with Crippen molar-refractivity contribution in [1.29, 1.82) is 0 Å². The van der Waals surface area contributed by atoms with E-state index in [0.717, 1.165) is 27.7 Å². The molecule has 0 unspecified atom stereocenters. The van der Waals surface area contributed by atoms with E-state index < -0.39 is 0 Å². The largest absolute Gasteiger partial charge is 0.382 e. The first kappa shape index (κ1) is 13.1. The zero-order chi connectivity index (χ0) is 13.3. The monoisotopic (exact) mass is 307 g/mol. The normalized spacial score (nSPS) is 11.2. The standard InChI is InChI=1S/C14H18BrN3/c1-8(2)6-11-13(17-18-14(11)16)10-5-4-9(3)12(15)7-10/h4-5,7-8H,6H2,1-3H3,(H3,16,17,18). The number of H-pyrrole nitrogens is 1. The van der Waals surface area contributed by atoms with Gasteiger partial charge in [-0.1, -0.05) is 41.9 Å². The molecule has 1 aromatic carbocycles. The van der Waals surface area contributed by atoms with Gasteiger partial charge in [0.1, 0.15) is 5.82 Å². The molecule has 0 spiro atoms. The summed E-state index contributed by atoms with van der Waals surface area (Å²) in [6, 6.07) is 6.29. The minimum absolute atomic E-state index is 0.553. The van der Waals surface area contributed by atoms with Gasteiger partial charge in [0.25, 0.3) is 0 Å². The fraction of sp³-hybridized carbons (Fsp3) is 0.357. The van der Waals surface area contributed by atoms with Crippen LogP contribution in [-0.4, -0.2) is 10.2 Å². The predicted molar refractivity (Wildman–Crippen MR) is 79.4 cm³/mol. The first-order valence-electron chi connectivity index (χ1n) is 6.08. The lowest BCUT2D eigenvalue weighted by Crippen LogP contribution is -1.99. The van der Waals surface area contributed by atoms with Gasteiger partial charge in [-0.05, 0) is 30.9 Å². The molecule has 0 amide bonds. The number of aromatic nitrogens is 2. The number of nitrogen functional groups attached to an aromatic ring is 1. The molecule has 0 fully saturated rings. The number of nitrogens with one attached hydrogen (secondary N) is 1. The van der Waals surface area contributed by atoms with Crippen LogP contribution < -0.4 is 5.73 Å². The van der Waals surface area contributed by atoms with Crippen LogP contribution in [0.3, 0.4) is 0 Å². The van der Waals surface area contributed by atoms with Crippen LogP contribution in [0.1, 0.15) is 25.0 Å². The number of hydrogen-bond acceptors (Lipinski definition) is 2. The van der Waals surface area contributed by atoms with Crippen molar-refractivity contribution in [3.8, 4) is 11.3 Å². The van der Waals surface area contributed by atoms with E-state index in [1.54, 1.807) is 0 Å². The van der Waals surface area contributed by atoms with Gasteiger partial charge in [-0.3, -0.25) is 5.10 Å². The van der Waals surface area contributed by atoms with Crippen molar-refractivity contribution in [2.75, 3.05) is 5.73 Å². The maximum Gasteiger partial charge on any atom is 0.149 e. The summed E-state index contributed by atoms with van der Waals surface area (Å²) in [6.45, 7) is 6.44. The van der Waals surface area contributed by atoms with Crippen molar-refractivity contribution in [3.05, 3.63) is 33.8 Å². The van der Waals surface area contributed by atoms with Gasteiger partial charge in [0, 0.05) is 15.6 Å². The van der Waals surface area contributed by atoms with Gasteiger partial charge in [0.15, 0.2) is 0 Å². The second kappa shape index (κ2) is 5.14. The number of anilines is 1. The fourth-order valence-corrected chi connectivity index (χ4v) is 2.36. The summed E-state index contributed by atoms with van der Waals surface area (Å²) in [5.74, 6) is 1.16. The lowest BCUT2D eigenvalue weighted by molar-refractivity contribution is 0.649. The van der Waals surface area contributed by atoms with Gasteiger partial charge in [0.05, 0.1) is 5.69 Å². The van der Waals surface area contributed by atoms with Crippen LogP contribution in [0.2, 0.25) is 0 Å². The van der Waals surface area contributed by atoms with Crippen LogP contribution in [0.4, 0.5) is 5.82 Å². The number of nitrogens with two attached hydrogens (primary N) is 1. The molecule has 18 heavy (non-hydrogen) atoms. The molecule has 96 valence electrons. The molecule has 0 radical (unpaired) electrons. The lowest BCUT2D eigenvalue weighted by Gasteiger charge is -2.08. The molecule has 0 saturated carbocycles. The van der Waals surface area contributed by atoms with E-state index in [2.05, 4.69) is 65.1 Å². The Balaban J connectivity index is 2.47. The summed E-state index contributed by atoms with van der Waals surface area (Å²) in [5.41, 5.74) is 10.4. The first-order valence-corrected chi connectivity index (χ1v) is 6.87. The van der Waals surface area contributed by atoms with E-state index >= 15 is 0 Å². The highest BCUT2D eigenvalue weighted by Gasteiger charge is 2.14. The van der Waals surface area contributed by atoms with E-state index in [-0.39, 0.29) is 0 Å². The Kier molecular flexibility index (Phi) is 3.76. The molecule has 0 aliphatic carbocycles. The molecule has 0 aliphatic rings. The van der Waals surface area contributed by atoms with E-state index in [1.165, 1.54) is 5.56 Å². The summed E-state index contributed by atoms with van der Waals surface area (Å²) in [7, 11) is 0. The van der Waals surface area contributed by atoms with Gasteiger partial charge >= 0.3 is 0 Å². The highest BCUT2D eigenvalue weighted by Crippen LogP contribution is 2.30. The third-order valence-corrected chi connectivity index (χ3v) is 3.83. The molecule has 2 rings (SSSR count). The van der Waals surface area contributed by atoms with Crippen molar-refractivity contribution < 1.29 is 0 Å². The lowest BCUT2D eigenvalue weighted by atomic mass is 9.99. The van der Waals surface area contributed by atoms with Crippen molar-refractivity contribution in [1.82, 2.24) is 10.2 Å². The third kappa shape index (κ3) is 2.58. The molecular weight excluding hydrogens is 290 g/mol. The predicted octanol–water partition coefficient (Wildman–Crippen LogP) is 3.93. The highest BCUT2D eigenvalue weighted by molar-refractivity contribution is 9.10. The van der Waals surface area contributed by atoms with Crippen LogP contribution in [0.15, 0.2) is 22.7 Å². The number of halogens is 1. The smallest absolute Gasteiger partial charge is 0.149 e. The molecule has 4 heteroatoms. The zero-order valence-corrected chi connectivity index (χ0v) is 12.5. The van der Waals surface area contributed by atoms with Gasteiger partial charge in [-0.15, -0.1) is 0 Å². The third-order valence-electron chi connectivity index (χ3n) is 2.97. The Morgan fingerprint density at radius 3 is 2.72 bits per heavy atom. The van der Waals surface area contributed by atoms with Crippen LogP contribution in [0.5, 0.6) is 0 Å². The van der Waals surface area contributed by atoms with Gasteiger partial charge < -0.3 is 5.73 Å². The zero-order valence-electron chi connectivity index (χ0n) is 10.9. The summed E-state index contributed by atoms with van der Waals surface area (Å²) in [6.07, 6.45) is 0.934. The van der Waals surface area contributed by atoms with Crippen molar-refractivity contribution in [3.63, 3.8) is 0 Å². The SMILES string of the molecule is Cc1ccc(-c2[nH]nc(N)c2CC(C)C)cc1Br. The molecular formula is C14H18BrN3. The number of aromatic amines is 1. The Hall–Kier alpha value is -1.29. The molecule has 0 aliphatic heterocycles. The number of rotatable bonds is 3. The summed E-state index contributed by atoms with van der Waals surface area (Å²) < 4.78 is 1.10. The average molecular weight is 308 g/mol. The first-order chi connectivity index (χ1) is 8.49. The minimum atomic E-state index is 0.553. The van der Waals surface area contributed by atoms with Gasteiger partial charge in [-0.25, -0.2) is 0 Å². The molecule has 1 heterocycles. The van der Waals surface area contributed by atoms with Gasteiger partial charge in [0.2, 0.25) is 0 Å². The molecule has 2 aromatic rings. The topological polar surface area (TPSA) is 54.7 Å². The maximum absolute atomic E-state index is 5.94. The average Bonchev–Trinajstić information content (AvgIpc) is 2.64. The Labute approximate surface area is 116 Å². The minimum Gasteiger partial charge on any atom is -0.382 e. The number of nitrogens with zero attached hydrogens (tertiary/aromatic N) is 1. The maximum atomic E-state index is 5.94.